The summed E-state index contributed by atoms with van der Waals surface area (Å²) in [5.41, 5.74) is 0.721. The highest BCUT2D eigenvalue weighted by Gasteiger charge is 2.34. The van der Waals surface area contributed by atoms with Crippen LogP contribution < -0.4 is 5.32 Å². The van der Waals surface area contributed by atoms with E-state index in [1.165, 1.54) is 0 Å². The molecule has 2 unspecified atom stereocenters. The molecular formula is C12H12N2O4. The maximum atomic E-state index is 11.1. The summed E-state index contributed by atoms with van der Waals surface area (Å²) < 4.78 is 10.5. The van der Waals surface area contributed by atoms with Crippen molar-refractivity contribution in [2.24, 2.45) is 5.92 Å². The molecule has 1 fully saturated rings. The Balaban J connectivity index is 1.88. The van der Waals surface area contributed by atoms with E-state index >= 15 is 0 Å². The maximum absolute atomic E-state index is 11.1. The van der Waals surface area contributed by atoms with Crippen LogP contribution in [0.1, 0.15) is 0 Å². The first-order chi connectivity index (χ1) is 8.75. The summed E-state index contributed by atoms with van der Waals surface area (Å²) in [4.78, 5) is 15.3. The second kappa shape index (κ2) is 4.30. The Bertz CT molecular complexity index is 580. The third-order valence-electron chi connectivity index (χ3n) is 3.10. The van der Waals surface area contributed by atoms with Crippen LogP contribution in [0.4, 0.5) is 5.82 Å². The molecule has 18 heavy (non-hydrogen) atoms. The van der Waals surface area contributed by atoms with Crippen LogP contribution in [0, 0.1) is 5.92 Å². The van der Waals surface area contributed by atoms with Crippen LogP contribution in [-0.2, 0) is 9.53 Å². The molecule has 1 aliphatic rings. The molecule has 1 saturated heterocycles. The second-order valence-electron chi connectivity index (χ2n) is 4.22. The highest BCUT2D eigenvalue weighted by Crippen LogP contribution is 2.25. The van der Waals surface area contributed by atoms with E-state index in [4.69, 9.17) is 14.3 Å². The number of ether oxygens (including phenoxy) is 1. The Kier molecular flexibility index (Phi) is 2.64. The smallest absolute Gasteiger partial charge is 0.311 e. The van der Waals surface area contributed by atoms with Gasteiger partial charge >= 0.3 is 5.97 Å². The van der Waals surface area contributed by atoms with Gasteiger partial charge in [-0.2, -0.15) is 0 Å². The lowest BCUT2D eigenvalue weighted by atomic mass is 10.0. The van der Waals surface area contributed by atoms with Crippen molar-refractivity contribution in [3.8, 4) is 0 Å². The third kappa shape index (κ3) is 1.80. The van der Waals surface area contributed by atoms with Crippen molar-refractivity contribution in [1.82, 2.24) is 4.98 Å². The number of carbonyl (C=O) groups is 1. The number of nitrogens with zero attached hydrogens (tertiary/aromatic N) is 1. The minimum Gasteiger partial charge on any atom is -0.481 e. The molecule has 0 saturated carbocycles. The molecule has 2 aromatic heterocycles. The predicted octanol–water partition coefficient (Wildman–Crippen LogP) is 1.34. The lowest BCUT2D eigenvalue weighted by molar-refractivity contribution is -0.141. The molecule has 1 aliphatic heterocycles. The van der Waals surface area contributed by atoms with Gasteiger partial charge in [-0.3, -0.25) is 4.79 Å². The Morgan fingerprint density at radius 2 is 2.33 bits per heavy atom. The largest absolute Gasteiger partial charge is 0.481 e. The van der Waals surface area contributed by atoms with Crippen LogP contribution in [0.15, 0.2) is 29.0 Å². The van der Waals surface area contributed by atoms with Gasteiger partial charge in [0, 0.05) is 6.20 Å². The van der Waals surface area contributed by atoms with Gasteiger partial charge in [0.25, 0.3) is 0 Å². The highest BCUT2D eigenvalue weighted by atomic mass is 16.5. The van der Waals surface area contributed by atoms with Gasteiger partial charge in [-0.15, -0.1) is 0 Å². The zero-order valence-corrected chi connectivity index (χ0v) is 9.50. The van der Waals surface area contributed by atoms with Gasteiger partial charge in [0.15, 0.2) is 0 Å². The monoisotopic (exact) mass is 248 g/mol. The number of pyridine rings is 1. The SMILES string of the molecule is O=C(O)C1COCC1Nc1nccc2occc12. The van der Waals surface area contributed by atoms with E-state index in [1.54, 1.807) is 24.6 Å². The molecule has 6 nitrogen and oxygen atoms in total. The van der Waals surface area contributed by atoms with Crippen molar-refractivity contribution in [3.63, 3.8) is 0 Å². The number of carboxylic acids is 1. The van der Waals surface area contributed by atoms with Crippen LogP contribution >= 0.6 is 0 Å². The van der Waals surface area contributed by atoms with Gasteiger partial charge in [-0.25, -0.2) is 4.98 Å². The molecule has 3 rings (SSSR count). The summed E-state index contributed by atoms with van der Waals surface area (Å²) in [6.07, 6.45) is 3.21. The van der Waals surface area contributed by atoms with Crippen molar-refractivity contribution >= 4 is 22.8 Å². The molecule has 0 amide bonds. The fourth-order valence-corrected chi connectivity index (χ4v) is 2.13. The van der Waals surface area contributed by atoms with E-state index in [2.05, 4.69) is 10.3 Å². The lowest BCUT2D eigenvalue weighted by Gasteiger charge is -2.16. The van der Waals surface area contributed by atoms with E-state index in [-0.39, 0.29) is 12.6 Å². The molecule has 2 atom stereocenters. The number of carboxylic acid groups (broad SMARTS) is 1. The lowest BCUT2D eigenvalue weighted by Crippen LogP contribution is -2.33. The van der Waals surface area contributed by atoms with Crippen molar-refractivity contribution in [2.75, 3.05) is 18.5 Å². The first-order valence-corrected chi connectivity index (χ1v) is 5.65. The van der Waals surface area contributed by atoms with Gasteiger partial charge in [0.1, 0.15) is 17.3 Å². The molecule has 0 radical (unpaired) electrons. The highest BCUT2D eigenvalue weighted by molar-refractivity contribution is 5.88. The van der Waals surface area contributed by atoms with E-state index in [0.717, 1.165) is 11.0 Å². The molecule has 2 N–H and O–H groups in total. The zero-order valence-electron chi connectivity index (χ0n) is 9.50. The van der Waals surface area contributed by atoms with E-state index in [1.807, 2.05) is 0 Å². The summed E-state index contributed by atoms with van der Waals surface area (Å²) in [6, 6.07) is 3.30. The van der Waals surface area contributed by atoms with Crippen molar-refractivity contribution in [3.05, 3.63) is 24.6 Å². The first kappa shape index (κ1) is 11.0. The number of aliphatic carboxylic acids is 1. The number of furan rings is 1. The Morgan fingerprint density at radius 1 is 1.44 bits per heavy atom. The molecule has 0 spiro atoms. The van der Waals surface area contributed by atoms with E-state index in [0.29, 0.717) is 12.4 Å². The third-order valence-corrected chi connectivity index (χ3v) is 3.10. The first-order valence-electron chi connectivity index (χ1n) is 5.65. The zero-order chi connectivity index (χ0) is 12.5. The normalized spacial score (nSPS) is 23.3. The van der Waals surface area contributed by atoms with Crippen molar-refractivity contribution in [1.29, 1.82) is 0 Å². The van der Waals surface area contributed by atoms with Crippen molar-refractivity contribution in [2.45, 2.75) is 6.04 Å². The van der Waals surface area contributed by atoms with Gasteiger partial charge in [-0.05, 0) is 12.1 Å². The number of rotatable bonds is 3. The van der Waals surface area contributed by atoms with Crippen molar-refractivity contribution < 1.29 is 19.1 Å². The van der Waals surface area contributed by atoms with Crippen LogP contribution in [0.2, 0.25) is 0 Å². The number of nitrogens with one attached hydrogen (secondary N) is 1. The van der Waals surface area contributed by atoms with E-state index in [9.17, 15) is 4.79 Å². The van der Waals surface area contributed by atoms with Crippen LogP contribution in [-0.4, -0.2) is 35.3 Å². The average Bonchev–Trinajstić information content (AvgIpc) is 2.96. The molecule has 3 heterocycles. The molecular weight excluding hydrogens is 236 g/mol. The van der Waals surface area contributed by atoms with Crippen LogP contribution in [0.5, 0.6) is 0 Å². The van der Waals surface area contributed by atoms with Gasteiger partial charge < -0.3 is 19.6 Å². The quantitative estimate of drug-likeness (QED) is 0.852. The van der Waals surface area contributed by atoms with E-state index < -0.39 is 11.9 Å². The van der Waals surface area contributed by atoms with Crippen LogP contribution in [0.3, 0.4) is 0 Å². The topological polar surface area (TPSA) is 84.6 Å². The minimum absolute atomic E-state index is 0.231. The number of aromatic nitrogens is 1. The molecule has 0 aliphatic carbocycles. The molecule has 94 valence electrons. The second-order valence-corrected chi connectivity index (χ2v) is 4.22. The summed E-state index contributed by atoms with van der Waals surface area (Å²) in [6.45, 7) is 0.598. The number of hydrogen-bond acceptors (Lipinski definition) is 5. The average molecular weight is 248 g/mol. The molecule has 6 heteroatoms. The van der Waals surface area contributed by atoms with Crippen LogP contribution in [0.25, 0.3) is 11.0 Å². The summed E-state index contributed by atoms with van der Waals surface area (Å²) in [5, 5.41) is 13.0. The summed E-state index contributed by atoms with van der Waals surface area (Å²) in [5.74, 6) is -0.777. The standard InChI is InChI=1S/C12H12N2O4/c15-12(16)8-5-17-6-9(8)14-11-7-2-4-18-10(7)1-3-13-11/h1-4,8-9H,5-6H2,(H,13,14)(H,15,16). The number of anilines is 1. The van der Waals surface area contributed by atoms with Gasteiger partial charge in [-0.1, -0.05) is 0 Å². The fourth-order valence-electron chi connectivity index (χ4n) is 2.13. The molecule has 2 aromatic rings. The maximum Gasteiger partial charge on any atom is 0.311 e. The molecule has 0 bridgehead atoms. The summed E-state index contributed by atoms with van der Waals surface area (Å²) in [7, 11) is 0. The Morgan fingerprint density at radius 3 is 3.17 bits per heavy atom. The minimum atomic E-state index is -0.857. The Hall–Kier alpha value is -2.08. The molecule has 0 aromatic carbocycles. The summed E-state index contributed by atoms with van der Waals surface area (Å²) >= 11 is 0. The van der Waals surface area contributed by atoms with Gasteiger partial charge in [0.2, 0.25) is 0 Å². The Labute approximate surface area is 103 Å². The number of hydrogen-bond donors (Lipinski definition) is 2. The number of fused-ring (bicyclic) bond motifs is 1. The predicted molar refractivity (Wildman–Crippen MR) is 63.4 cm³/mol. The van der Waals surface area contributed by atoms with Gasteiger partial charge in [0.05, 0.1) is 30.9 Å². The fraction of sp³-hybridized carbons (Fsp3) is 0.333.